The van der Waals surface area contributed by atoms with E-state index in [4.69, 9.17) is 4.74 Å². The summed E-state index contributed by atoms with van der Waals surface area (Å²) in [6.45, 7) is 11.1. The summed E-state index contributed by atoms with van der Waals surface area (Å²) in [5, 5.41) is 4.36. The molecule has 1 heterocycles. The molecule has 0 unspecified atom stereocenters. The minimum absolute atomic E-state index is 0.0564. The summed E-state index contributed by atoms with van der Waals surface area (Å²) in [7, 11) is 0. The maximum absolute atomic E-state index is 13.0. The van der Waals surface area contributed by atoms with Gasteiger partial charge in [0.1, 0.15) is 0 Å². The molecule has 0 radical (unpaired) electrons. The van der Waals surface area contributed by atoms with Crippen molar-refractivity contribution in [1.82, 2.24) is 14.8 Å². The lowest BCUT2D eigenvalue weighted by Crippen LogP contribution is -2.17. The summed E-state index contributed by atoms with van der Waals surface area (Å²) in [4.78, 5) is 17.5. The summed E-state index contributed by atoms with van der Waals surface area (Å²) in [6.07, 6.45) is 0.251. The maximum Gasteiger partial charge on any atom is 0.336 e. The van der Waals surface area contributed by atoms with Gasteiger partial charge in [-0.2, -0.15) is 9.67 Å². The van der Waals surface area contributed by atoms with Gasteiger partial charge in [0, 0.05) is 5.56 Å². The second kappa shape index (κ2) is 8.60. The topological polar surface area (TPSA) is 57.0 Å². The molecular formula is C24H29N3O2. The van der Waals surface area contributed by atoms with Crippen LogP contribution < -0.4 is 4.74 Å². The van der Waals surface area contributed by atoms with Gasteiger partial charge in [0.05, 0.1) is 13.0 Å². The zero-order valence-electron chi connectivity index (χ0n) is 17.8. The van der Waals surface area contributed by atoms with Gasteiger partial charge in [-0.3, -0.25) is 4.79 Å². The molecule has 0 bridgehead atoms. The molecule has 0 saturated heterocycles. The molecule has 0 aliphatic carbocycles. The molecule has 0 fully saturated rings. The Morgan fingerprint density at radius 1 is 1.03 bits per heavy atom. The van der Waals surface area contributed by atoms with Crippen molar-refractivity contribution in [2.45, 2.75) is 46.5 Å². The van der Waals surface area contributed by atoms with Crippen molar-refractivity contribution in [2.24, 2.45) is 5.92 Å². The quantitative estimate of drug-likeness (QED) is 0.582. The number of hydrogen-bond acceptors (Lipinski definition) is 4. The Balaban J connectivity index is 1.94. The van der Waals surface area contributed by atoms with Crippen molar-refractivity contribution in [1.29, 1.82) is 0 Å². The van der Waals surface area contributed by atoms with Gasteiger partial charge >= 0.3 is 6.01 Å². The van der Waals surface area contributed by atoms with E-state index in [0.717, 1.165) is 11.1 Å². The molecule has 0 N–H and O–H groups in total. The Hall–Kier alpha value is -2.95. The van der Waals surface area contributed by atoms with Gasteiger partial charge in [0.15, 0.2) is 5.82 Å². The fourth-order valence-electron chi connectivity index (χ4n) is 2.92. The van der Waals surface area contributed by atoms with Crippen molar-refractivity contribution in [3.63, 3.8) is 0 Å². The number of carbonyl (C=O) groups excluding carboxylic acids is 1. The lowest BCUT2D eigenvalue weighted by molar-refractivity contribution is 0.0898. The van der Waals surface area contributed by atoms with Crippen LogP contribution in [0.3, 0.4) is 0 Å². The first-order chi connectivity index (χ1) is 13.7. The van der Waals surface area contributed by atoms with Crippen molar-refractivity contribution in [3.05, 3.63) is 65.7 Å². The predicted octanol–water partition coefficient (Wildman–Crippen LogP) is 5.16. The van der Waals surface area contributed by atoms with E-state index in [1.165, 1.54) is 10.2 Å². The highest BCUT2D eigenvalue weighted by molar-refractivity contribution is 5.84. The van der Waals surface area contributed by atoms with E-state index in [1.54, 1.807) is 0 Å². The normalized spacial score (nSPS) is 11.7. The third kappa shape index (κ3) is 5.31. The van der Waals surface area contributed by atoms with Gasteiger partial charge < -0.3 is 4.74 Å². The lowest BCUT2D eigenvalue weighted by Gasteiger charge is -2.19. The maximum atomic E-state index is 13.0. The summed E-state index contributed by atoms with van der Waals surface area (Å²) in [5.41, 5.74) is 3.05. The first-order valence-corrected chi connectivity index (χ1v) is 10.0. The van der Waals surface area contributed by atoms with Crippen LogP contribution in [0.4, 0.5) is 0 Å². The molecular weight excluding hydrogens is 362 g/mol. The van der Waals surface area contributed by atoms with Crippen LogP contribution in [0.1, 0.15) is 50.5 Å². The van der Waals surface area contributed by atoms with Crippen molar-refractivity contribution in [2.75, 3.05) is 6.61 Å². The molecule has 0 spiro atoms. The molecule has 2 aromatic carbocycles. The fourth-order valence-corrected chi connectivity index (χ4v) is 2.92. The summed E-state index contributed by atoms with van der Waals surface area (Å²) in [6, 6.07) is 18.0. The molecule has 29 heavy (non-hydrogen) atoms. The number of hydrogen-bond donors (Lipinski definition) is 0. The Bertz CT molecular complexity index is 952. The Labute approximate surface area is 172 Å². The molecule has 5 nitrogen and oxygen atoms in total. The monoisotopic (exact) mass is 391 g/mol. The Kier molecular flexibility index (Phi) is 6.16. The Morgan fingerprint density at radius 3 is 2.28 bits per heavy atom. The highest BCUT2D eigenvalue weighted by Crippen LogP contribution is 2.26. The van der Waals surface area contributed by atoms with E-state index in [0.29, 0.717) is 18.3 Å². The van der Waals surface area contributed by atoms with E-state index in [-0.39, 0.29) is 23.8 Å². The highest BCUT2D eigenvalue weighted by Gasteiger charge is 2.20. The Morgan fingerprint density at radius 2 is 1.69 bits per heavy atom. The van der Waals surface area contributed by atoms with Gasteiger partial charge in [-0.15, -0.1) is 5.10 Å². The molecule has 0 atom stereocenters. The number of carbonyl (C=O) groups is 1. The van der Waals surface area contributed by atoms with E-state index in [1.807, 2.05) is 42.5 Å². The van der Waals surface area contributed by atoms with Gasteiger partial charge in [-0.1, -0.05) is 89.2 Å². The molecule has 0 saturated carbocycles. The van der Waals surface area contributed by atoms with E-state index < -0.39 is 0 Å². The zero-order valence-corrected chi connectivity index (χ0v) is 17.8. The third-order valence-electron chi connectivity index (χ3n) is 4.58. The highest BCUT2D eigenvalue weighted by atomic mass is 16.5. The van der Waals surface area contributed by atoms with E-state index in [9.17, 15) is 4.79 Å². The van der Waals surface area contributed by atoms with Crippen LogP contribution in [0.15, 0.2) is 54.6 Å². The standard InChI is InChI=1S/C24H29N3O2/c1-17(2)16-29-23-25-22(19-11-13-20(14-12-19)24(3,4)5)27(26-23)21(28)15-18-9-7-6-8-10-18/h6-14,17H,15-16H2,1-5H3. The van der Waals surface area contributed by atoms with Crippen molar-refractivity contribution < 1.29 is 9.53 Å². The number of nitrogens with zero attached hydrogens (tertiary/aromatic N) is 3. The lowest BCUT2D eigenvalue weighted by atomic mass is 9.87. The van der Waals surface area contributed by atoms with Crippen molar-refractivity contribution in [3.8, 4) is 17.4 Å². The van der Waals surface area contributed by atoms with Crippen LogP contribution in [0.5, 0.6) is 6.01 Å². The number of aromatic nitrogens is 3. The first kappa shape index (κ1) is 20.8. The smallest absolute Gasteiger partial charge is 0.336 e. The molecule has 5 heteroatoms. The third-order valence-corrected chi connectivity index (χ3v) is 4.58. The van der Waals surface area contributed by atoms with E-state index >= 15 is 0 Å². The van der Waals surface area contributed by atoms with Crippen molar-refractivity contribution >= 4 is 5.91 Å². The first-order valence-electron chi connectivity index (χ1n) is 10.0. The van der Waals surface area contributed by atoms with Crippen LogP contribution in [0, 0.1) is 5.92 Å². The van der Waals surface area contributed by atoms with Crippen LogP contribution in [0.2, 0.25) is 0 Å². The number of ether oxygens (including phenoxy) is 1. The second-order valence-electron chi connectivity index (χ2n) is 8.72. The number of benzene rings is 2. The minimum Gasteiger partial charge on any atom is -0.462 e. The van der Waals surface area contributed by atoms with Gasteiger partial charge in [0.2, 0.25) is 0 Å². The summed E-state index contributed by atoms with van der Waals surface area (Å²) < 4.78 is 7.06. The van der Waals surface area contributed by atoms with Gasteiger partial charge in [-0.25, -0.2) is 0 Å². The minimum atomic E-state index is -0.141. The predicted molar refractivity (Wildman–Crippen MR) is 115 cm³/mol. The molecule has 3 aromatic rings. The van der Waals surface area contributed by atoms with E-state index in [2.05, 4.69) is 56.8 Å². The summed E-state index contributed by atoms with van der Waals surface area (Å²) in [5.74, 6) is 0.708. The average Bonchev–Trinajstić information content (AvgIpc) is 3.11. The van der Waals surface area contributed by atoms with Crippen LogP contribution in [0.25, 0.3) is 11.4 Å². The molecule has 0 aliphatic rings. The van der Waals surface area contributed by atoms with Crippen LogP contribution in [-0.4, -0.2) is 27.3 Å². The SMILES string of the molecule is CC(C)COc1nc(-c2ccc(C(C)(C)C)cc2)n(C(=O)Cc2ccccc2)n1. The van der Waals surface area contributed by atoms with Gasteiger partial charge in [-0.05, 0) is 22.5 Å². The van der Waals surface area contributed by atoms with Crippen LogP contribution >= 0.6 is 0 Å². The van der Waals surface area contributed by atoms with Gasteiger partial charge in [0.25, 0.3) is 5.91 Å². The fraction of sp³-hybridized carbons (Fsp3) is 0.375. The molecule has 1 aromatic heterocycles. The average molecular weight is 392 g/mol. The second-order valence-corrected chi connectivity index (χ2v) is 8.72. The van der Waals surface area contributed by atoms with Crippen LogP contribution in [-0.2, 0) is 11.8 Å². The zero-order chi connectivity index (χ0) is 21.0. The molecule has 3 rings (SSSR count). The molecule has 0 amide bonds. The summed E-state index contributed by atoms with van der Waals surface area (Å²) >= 11 is 0. The largest absolute Gasteiger partial charge is 0.462 e. The number of rotatable bonds is 6. The molecule has 0 aliphatic heterocycles. The molecule has 152 valence electrons.